The van der Waals surface area contributed by atoms with Gasteiger partial charge in [0.2, 0.25) is 0 Å². The van der Waals surface area contributed by atoms with E-state index >= 15 is 0 Å². The molecular weight excluding hydrogens is 798 g/mol. The van der Waals surface area contributed by atoms with Crippen molar-refractivity contribution in [1.29, 1.82) is 0 Å². The quantitative estimate of drug-likeness (QED) is 0.184. The molecule has 0 saturated heterocycles. The number of hydrogen-bond acceptors (Lipinski definition) is 0. The van der Waals surface area contributed by atoms with E-state index in [-0.39, 0.29) is 34.0 Å². The van der Waals surface area contributed by atoms with Crippen molar-refractivity contribution >= 4 is 57.1 Å². The summed E-state index contributed by atoms with van der Waals surface area (Å²) in [4.78, 5) is 0. The number of benzene rings is 8. The molecule has 52 heavy (non-hydrogen) atoms. The molecule has 0 radical (unpaired) electrons. The zero-order chi connectivity index (χ0) is 33.6. The van der Waals surface area contributed by atoms with Crippen molar-refractivity contribution in [2.24, 2.45) is 0 Å². The number of rotatable bonds is 10. The summed E-state index contributed by atoms with van der Waals surface area (Å²) in [5, 5.41) is 11.1. The molecule has 4 heteroatoms. The summed E-state index contributed by atoms with van der Waals surface area (Å²) in [6.45, 7) is 0. The largest absolute Gasteiger partial charge is 1.00 e. The monoisotopic (exact) mass is 836 g/mol. The van der Waals surface area contributed by atoms with Gasteiger partial charge >= 0.3 is 0 Å². The smallest absolute Gasteiger partial charge is 0.116 e. The van der Waals surface area contributed by atoms with Crippen LogP contribution < -0.4 is 65.8 Å². The van der Waals surface area contributed by atoms with E-state index < -0.39 is 14.5 Å². The molecule has 0 amide bonds. The molecule has 0 aliphatic rings. The number of halogens is 2. The van der Waals surface area contributed by atoms with Crippen molar-refractivity contribution in [3.05, 3.63) is 230 Å². The van der Waals surface area contributed by atoms with E-state index in [0.29, 0.717) is 0 Å². The van der Waals surface area contributed by atoms with Crippen LogP contribution in [0.15, 0.2) is 218 Å². The molecule has 8 aromatic carbocycles. The molecule has 256 valence electrons. The highest BCUT2D eigenvalue weighted by Gasteiger charge is 2.46. The van der Waals surface area contributed by atoms with Crippen LogP contribution in [0, 0.1) is 0 Å². The van der Waals surface area contributed by atoms with Crippen molar-refractivity contribution in [3.8, 4) is 0 Å². The van der Waals surface area contributed by atoms with Gasteiger partial charge in [0, 0.05) is 0 Å². The van der Waals surface area contributed by atoms with Gasteiger partial charge in [-0.05, 0) is 107 Å². The van der Waals surface area contributed by atoms with E-state index in [4.69, 9.17) is 0 Å². The Morgan fingerprint density at radius 3 is 0.673 bits per heavy atom. The first-order chi connectivity index (χ1) is 24.8. The summed E-state index contributed by atoms with van der Waals surface area (Å²) in [6.07, 6.45) is 1.93. The first-order valence-corrected chi connectivity index (χ1v) is 21.3. The third-order valence-electron chi connectivity index (χ3n) is 9.99. The van der Waals surface area contributed by atoms with Crippen LogP contribution >= 0.6 is 14.5 Å². The van der Waals surface area contributed by atoms with Gasteiger partial charge in [0.05, 0.1) is 12.3 Å². The molecule has 0 nitrogen and oxygen atoms in total. The molecule has 0 saturated carbocycles. The fourth-order valence-electron chi connectivity index (χ4n) is 7.63. The molecule has 0 spiro atoms. The topological polar surface area (TPSA) is 0 Å². The van der Waals surface area contributed by atoms with E-state index in [1.165, 1.54) is 53.7 Å². The number of hydrogen-bond donors (Lipinski definition) is 0. The lowest BCUT2D eigenvalue weighted by molar-refractivity contribution is -0.00100. The third-order valence-corrected chi connectivity index (χ3v) is 18.7. The van der Waals surface area contributed by atoms with Gasteiger partial charge < -0.3 is 34.0 Å². The van der Waals surface area contributed by atoms with Crippen LogP contribution in [-0.2, 0) is 12.3 Å². The van der Waals surface area contributed by atoms with Crippen LogP contribution in [0.3, 0.4) is 0 Å². The van der Waals surface area contributed by atoms with Crippen LogP contribution in [0.4, 0.5) is 0 Å². The lowest BCUT2D eigenvalue weighted by Crippen LogP contribution is -3.00. The van der Waals surface area contributed by atoms with Crippen LogP contribution in [-0.4, -0.2) is 0 Å². The van der Waals surface area contributed by atoms with E-state index in [9.17, 15) is 0 Å². The highest BCUT2D eigenvalue weighted by molar-refractivity contribution is 7.95. The Labute approximate surface area is 330 Å². The molecule has 8 aromatic rings. The van der Waals surface area contributed by atoms with E-state index in [0.717, 1.165) is 12.3 Å². The zero-order valence-electron chi connectivity index (χ0n) is 28.8. The maximum Gasteiger partial charge on any atom is 0.116 e. The lowest BCUT2D eigenvalue weighted by atomic mass is 10.1. The second kappa shape index (κ2) is 17.1. The average molecular weight is 839 g/mol. The fraction of sp³-hybridized carbons (Fsp3) is 0.0417. The van der Waals surface area contributed by atoms with Gasteiger partial charge in [-0.25, -0.2) is 0 Å². The highest BCUT2D eigenvalue weighted by Crippen LogP contribution is 2.59. The predicted molar refractivity (Wildman–Crippen MR) is 222 cm³/mol. The van der Waals surface area contributed by atoms with Gasteiger partial charge in [0.25, 0.3) is 0 Å². The Kier molecular flexibility index (Phi) is 12.4. The van der Waals surface area contributed by atoms with Gasteiger partial charge in [-0.1, -0.05) is 133 Å². The molecule has 0 aliphatic carbocycles. The van der Waals surface area contributed by atoms with Crippen molar-refractivity contribution in [2.75, 3.05) is 0 Å². The summed E-state index contributed by atoms with van der Waals surface area (Å²) < 4.78 is 0. The summed E-state index contributed by atoms with van der Waals surface area (Å²) in [5.74, 6) is 0. The maximum atomic E-state index is 2.44. The molecule has 0 N–H and O–H groups in total. The maximum absolute atomic E-state index is 2.44. The molecule has 0 heterocycles. The first kappa shape index (κ1) is 37.6. The van der Waals surface area contributed by atoms with Crippen molar-refractivity contribution in [3.63, 3.8) is 0 Å². The minimum absolute atomic E-state index is 0. The minimum atomic E-state index is -1.99. The summed E-state index contributed by atoms with van der Waals surface area (Å²) in [5.41, 5.74) is 2.74. The summed E-state index contributed by atoms with van der Waals surface area (Å²) >= 11 is 0. The van der Waals surface area contributed by atoms with Gasteiger partial charge in [0.1, 0.15) is 46.4 Å². The third kappa shape index (κ3) is 7.37. The van der Waals surface area contributed by atoms with Gasteiger partial charge in [-0.2, -0.15) is 0 Å². The van der Waals surface area contributed by atoms with E-state index in [1.807, 2.05) is 0 Å². The molecule has 8 rings (SSSR count). The molecular formula is C48H40Br2P2. The molecule has 0 aliphatic heterocycles. The number of fused-ring (bicyclic) bond motifs is 1. The first-order valence-electron chi connectivity index (χ1n) is 17.4. The second-order valence-corrected chi connectivity index (χ2v) is 19.9. The summed E-state index contributed by atoms with van der Waals surface area (Å²) in [6, 6.07) is 81.5. The molecule has 0 atom stereocenters. The molecule has 0 bridgehead atoms. The minimum Gasteiger partial charge on any atom is -1.00 e. The van der Waals surface area contributed by atoms with E-state index in [1.54, 1.807) is 0 Å². The second-order valence-electron chi connectivity index (χ2n) is 13.0. The van der Waals surface area contributed by atoms with Gasteiger partial charge in [-0.3, -0.25) is 0 Å². The van der Waals surface area contributed by atoms with E-state index in [2.05, 4.69) is 218 Å². The van der Waals surface area contributed by atoms with Crippen molar-refractivity contribution in [2.45, 2.75) is 12.3 Å². The fourth-order valence-corrected chi connectivity index (χ4v) is 16.1. The average Bonchev–Trinajstić information content (AvgIpc) is 3.21. The van der Waals surface area contributed by atoms with Crippen LogP contribution in [0.25, 0.3) is 10.8 Å². The lowest BCUT2D eigenvalue weighted by Gasteiger charge is -2.28. The molecule has 0 aromatic heterocycles. The standard InChI is InChI=1S/C48H40P2.2BrH/c1-7-19-43(20-8-1)49(44-21-9-2-10-22-44,45-23-11-3-12-24-45)37-39-31-33-42-36-40(32-34-41(42)35-39)38-50(46-25-13-4-14-26-46,47-27-15-5-16-28-47)48-29-17-6-18-30-48;;/h1-36H,37-38H2;2*1H/q+2;;/p-2. The Morgan fingerprint density at radius 1 is 0.250 bits per heavy atom. The predicted octanol–water partition coefficient (Wildman–Crippen LogP) is 3.84. The van der Waals surface area contributed by atoms with Gasteiger partial charge in [-0.15, -0.1) is 0 Å². The SMILES string of the molecule is [Br-].[Br-].c1ccc([P+](Cc2ccc3cc(C[P+](c4ccccc4)(c4ccccc4)c4ccccc4)ccc3c2)(c2ccccc2)c2ccccc2)cc1. The van der Waals surface area contributed by atoms with Gasteiger partial charge in [0.15, 0.2) is 0 Å². The van der Waals surface area contributed by atoms with Crippen molar-refractivity contribution < 1.29 is 34.0 Å². The Morgan fingerprint density at radius 2 is 0.462 bits per heavy atom. The highest BCUT2D eigenvalue weighted by atomic mass is 79.9. The molecule has 0 unspecified atom stereocenters. The summed E-state index contributed by atoms with van der Waals surface area (Å²) in [7, 11) is -3.98. The van der Waals surface area contributed by atoms with Crippen LogP contribution in [0.5, 0.6) is 0 Å². The Hall–Kier alpha value is -4.16. The van der Waals surface area contributed by atoms with Crippen LogP contribution in [0.1, 0.15) is 11.1 Å². The zero-order valence-corrected chi connectivity index (χ0v) is 33.8. The molecule has 0 fully saturated rings. The Bertz CT molecular complexity index is 1940. The Balaban J connectivity index is 0.00000232. The van der Waals surface area contributed by atoms with Crippen molar-refractivity contribution in [1.82, 2.24) is 0 Å². The van der Waals surface area contributed by atoms with Crippen LogP contribution in [0.2, 0.25) is 0 Å². The normalized spacial score (nSPS) is 11.3.